The first kappa shape index (κ1) is 13.8. The highest BCUT2D eigenvalue weighted by Gasteiger charge is 2.46. The number of nitrogens with zero attached hydrogens (tertiary/aromatic N) is 1. The van der Waals surface area contributed by atoms with E-state index in [1.54, 1.807) is 0 Å². The van der Waals surface area contributed by atoms with Gasteiger partial charge in [0.2, 0.25) is 0 Å². The molecule has 2 heterocycles. The van der Waals surface area contributed by atoms with Crippen LogP contribution in [0.2, 0.25) is 0 Å². The second-order valence-corrected chi connectivity index (χ2v) is 8.08. The lowest BCUT2D eigenvalue weighted by atomic mass is 9.93. The van der Waals surface area contributed by atoms with Crippen molar-refractivity contribution in [3.63, 3.8) is 0 Å². The maximum atomic E-state index is 6.18. The molecule has 3 nitrogen and oxygen atoms in total. The first-order valence-corrected chi connectivity index (χ1v) is 8.03. The van der Waals surface area contributed by atoms with Crippen molar-refractivity contribution < 1.29 is 4.74 Å². The van der Waals surface area contributed by atoms with E-state index < -0.39 is 0 Å². The SMILES string of the molecule is CC1(C)C[C@H](N[C@H]2CCN(CC3CC3)C2)C(C)(C)O1. The monoisotopic (exact) mass is 266 g/mol. The van der Waals surface area contributed by atoms with Crippen molar-refractivity contribution in [3.05, 3.63) is 0 Å². The number of hydrogen-bond donors (Lipinski definition) is 1. The predicted octanol–water partition coefficient (Wildman–Crippen LogP) is 2.41. The van der Waals surface area contributed by atoms with Gasteiger partial charge in [0.05, 0.1) is 11.2 Å². The zero-order valence-electron chi connectivity index (χ0n) is 13.0. The summed E-state index contributed by atoms with van der Waals surface area (Å²) in [4.78, 5) is 2.66. The van der Waals surface area contributed by atoms with Crippen molar-refractivity contribution in [2.24, 2.45) is 5.92 Å². The fourth-order valence-corrected chi connectivity index (χ4v) is 3.91. The Balaban J connectivity index is 1.51. The molecule has 1 aliphatic carbocycles. The lowest BCUT2D eigenvalue weighted by Crippen LogP contribution is -2.48. The van der Waals surface area contributed by atoms with Crippen LogP contribution in [0.1, 0.15) is 53.4 Å². The summed E-state index contributed by atoms with van der Waals surface area (Å²) in [5, 5.41) is 3.88. The van der Waals surface area contributed by atoms with Gasteiger partial charge in [-0.1, -0.05) is 0 Å². The molecular formula is C16H30N2O. The van der Waals surface area contributed by atoms with E-state index in [0.717, 1.165) is 12.3 Å². The topological polar surface area (TPSA) is 24.5 Å². The molecule has 0 bridgehead atoms. The summed E-state index contributed by atoms with van der Waals surface area (Å²) in [6, 6.07) is 1.16. The molecule has 1 saturated carbocycles. The Morgan fingerprint density at radius 1 is 1.16 bits per heavy atom. The molecule has 2 saturated heterocycles. The first-order valence-electron chi connectivity index (χ1n) is 8.03. The minimum absolute atomic E-state index is 0.0213. The fourth-order valence-electron chi connectivity index (χ4n) is 3.91. The predicted molar refractivity (Wildman–Crippen MR) is 78.4 cm³/mol. The van der Waals surface area contributed by atoms with Gasteiger partial charge in [-0.3, -0.25) is 0 Å². The van der Waals surface area contributed by atoms with Gasteiger partial charge in [-0.2, -0.15) is 0 Å². The van der Waals surface area contributed by atoms with Crippen LogP contribution >= 0.6 is 0 Å². The lowest BCUT2D eigenvalue weighted by Gasteiger charge is -2.30. The molecule has 0 unspecified atom stereocenters. The van der Waals surface area contributed by atoms with Crippen LogP contribution in [0.15, 0.2) is 0 Å². The highest BCUT2D eigenvalue weighted by Crippen LogP contribution is 2.38. The Kier molecular flexibility index (Phi) is 3.43. The zero-order chi connectivity index (χ0) is 13.7. The van der Waals surface area contributed by atoms with Crippen LogP contribution in [0.5, 0.6) is 0 Å². The van der Waals surface area contributed by atoms with Crippen LogP contribution in [-0.4, -0.2) is 47.8 Å². The van der Waals surface area contributed by atoms with Crippen molar-refractivity contribution in [2.75, 3.05) is 19.6 Å². The largest absolute Gasteiger partial charge is 0.368 e. The smallest absolute Gasteiger partial charge is 0.0787 e. The van der Waals surface area contributed by atoms with E-state index >= 15 is 0 Å². The van der Waals surface area contributed by atoms with Gasteiger partial charge in [0.15, 0.2) is 0 Å². The van der Waals surface area contributed by atoms with Crippen molar-refractivity contribution >= 4 is 0 Å². The third-order valence-electron chi connectivity index (χ3n) is 5.00. The lowest BCUT2D eigenvalue weighted by molar-refractivity contribution is -0.0704. The van der Waals surface area contributed by atoms with Gasteiger partial charge in [-0.15, -0.1) is 0 Å². The molecule has 0 spiro atoms. The van der Waals surface area contributed by atoms with E-state index in [0.29, 0.717) is 12.1 Å². The maximum absolute atomic E-state index is 6.18. The molecule has 3 rings (SSSR count). The minimum atomic E-state index is -0.0343. The number of ether oxygens (including phenoxy) is 1. The Morgan fingerprint density at radius 2 is 1.89 bits per heavy atom. The molecular weight excluding hydrogens is 236 g/mol. The van der Waals surface area contributed by atoms with Crippen LogP contribution in [0.4, 0.5) is 0 Å². The van der Waals surface area contributed by atoms with E-state index in [1.165, 1.54) is 38.9 Å². The quantitative estimate of drug-likeness (QED) is 0.845. The molecule has 2 atom stereocenters. The second kappa shape index (κ2) is 4.71. The molecule has 0 amide bonds. The molecule has 0 aromatic rings. The van der Waals surface area contributed by atoms with Crippen molar-refractivity contribution in [1.82, 2.24) is 10.2 Å². The van der Waals surface area contributed by atoms with Gasteiger partial charge in [0, 0.05) is 25.2 Å². The average molecular weight is 266 g/mol. The van der Waals surface area contributed by atoms with Crippen molar-refractivity contribution in [2.45, 2.75) is 76.7 Å². The summed E-state index contributed by atoms with van der Waals surface area (Å²) in [5.41, 5.74) is -0.0130. The fraction of sp³-hybridized carbons (Fsp3) is 1.00. The molecule has 0 radical (unpaired) electrons. The Hall–Kier alpha value is -0.120. The van der Waals surface area contributed by atoms with E-state index in [4.69, 9.17) is 4.74 Å². The Morgan fingerprint density at radius 3 is 2.47 bits per heavy atom. The summed E-state index contributed by atoms with van der Waals surface area (Å²) in [5.74, 6) is 1.02. The standard InChI is InChI=1S/C16H30N2O/c1-15(2)9-14(16(3,4)19-15)17-13-7-8-18(11-13)10-12-5-6-12/h12-14,17H,5-11H2,1-4H3/t13-,14-/m0/s1. The van der Waals surface area contributed by atoms with Crippen LogP contribution in [0.25, 0.3) is 0 Å². The third kappa shape index (κ3) is 3.32. The maximum Gasteiger partial charge on any atom is 0.0787 e. The zero-order valence-corrected chi connectivity index (χ0v) is 13.0. The molecule has 0 aromatic carbocycles. The van der Waals surface area contributed by atoms with E-state index in [-0.39, 0.29) is 11.2 Å². The molecule has 19 heavy (non-hydrogen) atoms. The van der Waals surface area contributed by atoms with Crippen molar-refractivity contribution in [3.8, 4) is 0 Å². The Bertz CT molecular complexity index is 336. The number of rotatable bonds is 4. The molecule has 2 aliphatic heterocycles. The summed E-state index contributed by atoms with van der Waals surface area (Å²) < 4.78 is 6.18. The Labute approximate surface area is 118 Å². The first-order chi connectivity index (χ1) is 8.84. The van der Waals surface area contributed by atoms with Gasteiger partial charge in [0.1, 0.15) is 0 Å². The van der Waals surface area contributed by atoms with Gasteiger partial charge >= 0.3 is 0 Å². The summed E-state index contributed by atoms with van der Waals surface area (Å²) in [6.07, 6.45) is 5.36. The molecule has 3 fully saturated rings. The van der Waals surface area contributed by atoms with Crippen LogP contribution in [-0.2, 0) is 4.74 Å². The summed E-state index contributed by atoms with van der Waals surface area (Å²) >= 11 is 0. The molecule has 3 aliphatic rings. The van der Waals surface area contributed by atoms with Crippen LogP contribution in [0, 0.1) is 5.92 Å². The molecule has 1 N–H and O–H groups in total. The highest BCUT2D eigenvalue weighted by atomic mass is 16.5. The van der Waals surface area contributed by atoms with Gasteiger partial charge < -0.3 is 15.0 Å². The number of nitrogens with one attached hydrogen (secondary N) is 1. The number of hydrogen-bond acceptors (Lipinski definition) is 3. The van der Waals surface area contributed by atoms with Crippen LogP contribution in [0.3, 0.4) is 0 Å². The van der Waals surface area contributed by atoms with E-state index in [9.17, 15) is 0 Å². The van der Waals surface area contributed by atoms with Crippen molar-refractivity contribution in [1.29, 1.82) is 0 Å². The average Bonchev–Trinajstić information content (AvgIpc) is 2.90. The van der Waals surface area contributed by atoms with Crippen LogP contribution < -0.4 is 5.32 Å². The van der Waals surface area contributed by atoms with Gasteiger partial charge in [-0.05, 0) is 65.8 Å². The normalized spacial score (nSPS) is 37.9. The summed E-state index contributed by atoms with van der Waals surface area (Å²) in [6.45, 7) is 12.8. The molecule has 110 valence electrons. The minimum Gasteiger partial charge on any atom is -0.368 e. The van der Waals surface area contributed by atoms with Gasteiger partial charge in [0.25, 0.3) is 0 Å². The van der Waals surface area contributed by atoms with Gasteiger partial charge in [-0.25, -0.2) is 0 Å². The van der Waals surface area contributed by atoms with E-state index in [2.05, 4.69) is 37.9 Å². The second-order valence-electron chi connectivity index (χ2n) is 8.08. The van der Waals surface area contributed by atoms with E-state index in [1.807, 2.05) is 0 Å². The molecule has 0 aromatic heterocycles. The summed E-state index contributed by atoms with van der Waals surface area (Å²) in [7, 11) is 0. The third-order valence-corrected chi connectivity index (χ3v) is 5.00. The number of likely N-dealkylation sites (tertiary alicyclic amines) is 1. The molecule has 3 heteroatoms. The highest BCUT2D eigenvalue weighted by molar-refractivity contribution is 5.01.